The highest BCUT2D eigenvalue weighted by Crippen LogP contribution is 2.49. The van der Waals surface area contributed by atoms with Crippen LogP contribution in [0.4, 0.5) is 0 Å². The summed E-state index contributed by atoms with van der Waals surface area (Å²) in [7, 11) is 1.33. The number of rotatable bonds is 7. The molecule has 2 aromatic carbocycles. The van der Waals surface area contributed by atoms with E-state index in [1.165, 1.54) is 13.2 Å². The second kappa shape index (κ2) is 11.0. The Bertz CT molecular complexity index is 1680. The molecule has 11 heteroatoms. The Morgan fingerprint density at radius 1 is 1.16 bits per heavy atom. The molecule has 2 saturated heterocycles. The van der Waals surface area contributed by atoms with Crippen molar-refractivity contribution in [1.29, 1.82) is 0 Å². The molecule has 5 heterocycles. The molecule has 4 aromatic rings. The first kappa shape index (κ1) is 27.9. The molecule has 43 heavy (non-hydrogen) atoms. The van der Waals surface area contributed by atoms with Gasteiger partial charge in [-0.05, 0) is 68.6 Å². The van der Waals surface area contributed by atoms with E-state index in [9.17, 15) is 9.90 Å². The third kappa shape index (κ3) is 5.17. The minimum absolute atomic E-state index is 0.0351. The number of halogens is 1. The van der Waals surface area contributed by atoms with Gasteiger partial charge < -0.3 is 28.6 Å². The molecule has 0 spiro atoms. The van der Waals surface area contributed by atoms with Crippen LogP contribution >= 0.6 is 11.6 Å². The standard InChI is InChI=1S/C32H33ClN4O6/c1-32(27-7-6-21(33)16-34-27)42-26-5-3-4-23(30(26)43-32)19-8-11-36(12-9-19)18-28-35-29-24(37(28)17-22-10-13-41-22)14-20(15-25(29)38)31(39)40-2/h3-7,14-16,19,22,38H,8-13,17-18H2,1-2H3/t22-,32-/m0/s1. The van der Waals surface area contributed by atoms with Crippen molar-refractivity contribution in [1.82, 2.24) is 19.4 Å². The Hall–Kier alpha value is -3.86. The topological polar surface area (TPSA) is 108 Å². The van der Waals surface area contributed by atoms with Crippen LogP contribution in [0.2, 0.25) is 5.02 Å². The van der Waals surface area contributed by atoms with Gasteiger partial charge in [-0.15, -0.1) is 0 Å². The van der Waals surface area contributed by atoms with E-state index in [-0.39, 0.29) is 11.9 Å². The maximum absolute atomic E-state index is 12.3. The zero-order valence-corrected chi connectivity index (χ0v) is 24.8. The Balaban J connectivity index is 1.09. The number of pyridine rings is 1. The molecule has 2 fully saturated rings. The predicted octanol–water partition coefficient (Wildman–Crippen LogP) is 5.39. The number of likely N-dealkylation sites (tertiary alicyclic amines) is 1. The molecule has 2 aromatic heterocycles. The van der Waals surface area contributed by atoms with Gasteiger partial charge in [-0.25, -0.2) is 9.78 Å². The van der Waals surface area contributed by atoms with Crippen molar-refractivity contribution in [3.05, 3.63) is 76.3 Å². The van der Waals surface area contributed by atoms with Crippen molar-refractivity contribution in [2.75, 3.05) is 26.8 Å². The Morgan fingerprint density at radius 3 is 2.67 bits per heavy atom. The molecule has 2 atom stereocenters. The van der Waals surface area contributed by atoms with E-state index in [1.54, 1.807) is 18.3 Å². The molecule has 0 unspecified atom stereocenters. The zero-order valence-electron chi connectivity index (χ0n) is 24.1. The summed E-state index contributed by atoms with van der Waals surface area (Å²) in [4.78, 5) is 23.9. The Kier molecular flexibility index (Phi) is 7.15. The molecule has 7 rings (SSSR count). The van der Waals surface area contributed by atoms with Crippen molar-refractivity contribution in [3.8, 4) is 17.2 Å². The number of aromatic nitrogens is 3. The normalized spacial score (nSPS) is 22.1. The lowest BCUT2D eigenvalue weighted by Gasteiger charge is -2.33. The van der Waals surface area contributed by atoms with Gasteiger partial charge in [0.1, 0.15) is 22.8 Å². The van der Waals surface area contributed by atoms with Gasteiger partial charge in [-0.1, -0.05) is 23.7 Å². The number of aromatic hydroxyl groups is 1. The molecular formula is C32H33ClN4O6. The van der Waals surface area contributed by atoms with Gasteiger partial charge in [0.15, 0.2) is 11.5 Å². The third-order valence-electron chi connectivity index (χ3n) is 8.71. The van der Waals surface area contributed by atoms with Crippen LogP contribution in [0.25, 0.3) is 11.0 Å². The Morgan fingerprint density at radius 2 is 1.98 bits per heavy atom. The number of fused-ring (bicyclic) bond motifs is 2. The first-order valence-electron chi connectivity index (χ1n) is 14.6. The van der Waals surface area contributed by atoms with Crippen molar-refractivity contribution in [2.45, 2.75) is 57.1 Å². The van der Waals surface area contributed by atoms with Crippen LogP contribution in [0.1, 0.15) is 59.5 Å². The zero-order chi connectivity index (χ0) is 29.7. The van der Waals surface area contributed by atoms with Gasteiger partial charge in [0, 0.05) is 25.3 Å². The molecule has 0 amide bonds. The fraction of sp³-hybridized carbons (Fsp3) is 0.406. The lowest BCUT2D eigenvalue weighted by Crippen LogP contribution is -2.35. The number of esters is 1. The van der Waals surface area contributed by atoms with E-state index in [0.717, 1.165) is 61.8 Å². The van der Waals surface area contributed by atoms with Crippen LogP contribution in [0, 0.1) is 0 Å². The molecular weight excluding hydrogens is 572 g/mol. The quantitative estimate of drug-likeness (QED) is 0.278. The summed E-state index contributed by atoms with van der Waals surface area (Å²) in [5.74, 6) is 1.09. The summed E-state index contributed by atoms with van der Waals surface area (Å²) in [5.41, 5.74) is 3.28. The van der Waals surface area contributed by atoms with E-state index in [0.29, 0.717) is 46.3 Å². The average molecular weight is 605 g/mol. The highest BCUT2D eigenvalue weighted by atomic mass is 35.5. The predicted molar refractivity (Wildman–Crippen MR) is 159 cm³/mol. The van der Waals surface area contributed by atoms with Crippen LogP contribution in [0.3, 0.4) is 0 Å². The van der Waals surface area contributed by atoms with Crippen LogP contribution < -0.4 is 9.47 Å². The monoisotopic (exact) mass is 604 g/mol. The highest BCUT2D eigenvalue weighted by Gasteiger charge is 2.42. The molecule has 3 aliphatic heterocycles. The van der Waals surface area contributed by atoms with Crippen molar-refractivity contribution < 1.29 is 28.8 Å². The maximum atomic E-state index is 12.3. The summed E-state index contributed by atoms with van der Waals surface area (Å²) in [6.45, 7) is 5.59. The van der Waals surface area contributed by atoms with Crippen LogP contribution in [0.15, 0.2) is 48.7 Å². The van der Waals surface area contributed by atoms with Crippen LogP contribution in [0.5, 0.6) is 17.2 Å². The van der Waals surface area contributed by atoms with Gasteiger partial charge in [-0.3, -0.25) is 9.88 Å². The summed E-state index contributed by atoms with van der Waals surface area (Å²) in [6.07, 6.45) is 4.54. The fourth-order valence-electron chi connectivity index (χ4n) is 6.27. The Labute approximate surface area is 254 Å². The van der Waals surface area contributed by atoms with Gasteiger partial charge in [0.05, 0.1) is 42.4 Å². The first-order valence-corrected chi connectivity index (χ1v) is 15.0. The largest absolute Gasteiger partial charge is 0.506 e. The highest BCUT2D eigenvalue weighted by molar-refractivity contribution is 6.30. The molecule has 3 aliphatic rings. The lowest BCUT2D eigenvalue weighted by molar-refractivity contribution is -0.0722. The number of carbonyl (C=O) groups is 1. The van der Waals surface area contributed by atoms with Crippen LogP contribution in [-0.2, 0) is 28.4 Å². The van der Waals surface area contributed by atoms with Gasteiger partial charge >= 0.3 is 5.97 Å². The number of hydrogen-bond acceptors (Lipinski definition) is 9. The second-order valence-corrected chi connectivity index (χ2v) is 11.9. The van der Waals surface area contributed by atoms with E-state index < -0.39 is 11.8 Å². The van der Waals surface area contributed by atoms with Gasteiger partial charge in [-0.2, -0.15) is 0 Å². The molecule has 10 nitrogen and oxygen atoms in total. The van der Waals surface area contributed by atoms with Crippen molar-refractivity contribution >= 4 is 28.6 Å². The summed E-state index contributed by atoms with van der Waals surface area (Å²) >= 11 is 6.05. The molecule has 0 bridgehead atoms. The number of piperidine rings is 1. The molecule has 224 valence electrons. The fourth-order valence-corrected chi connectivity index (χ4v) is 6.38. The van der Waals surface area contributed by atoms with Crippen LogP contribution in [-0.4, -0.2) is 63.4 Å². The number of imidazole rings is 1. The molecule has 0 radical (unpaired) electrons. The van der Waals surface area contributed by atoms with Gasteiger partial charge in [0.25, 0.3) is 5.79 Å². The average Bonchev–Trinajstić information content (AvgIpc) is 3.52. The second-order valence-electron chi connectivity index (χ2n) is 11.5. The number of phenols is 1. The molecule has 1 N–H and O–H groups in total. The third-order valence-corrected chi connectivity index (χ3v) is 8.93. The number of para-hydroxylation sites is 1. The summed E-state index contributed by atoms with van der Waals surface area (Å²) in [5, 5.41) is 11.3. The van der Waals surface area contributed by atoms with Crippen molar-refractivity contribution in [3.63, 3.8) is 0 Å². The van der Waals surface area contributed by atoms with Crippen molar-refractivity contribution in [2.24, 2.45) is 0 Å². The lowest BCUT2D eigenvalue weighted by atomic mass is 9.88. The summed E-state index contributed by atoms with van der Waals surface area (Å²) in [6, 6.07) is 12.9. The molecule has 0 saturated carbocycles. The SMILES string of the molecule is COC(=O)c1cc(O)c2nc(CN3CCC(c4cccc5c4O[C@@](C)(c4ccc(Cl)cn4)O5)CC3)n(C[C@@H]3CCO3)c2c1. The van der Waals surface area contributed by atoms with Gasteiger partial charge in [0.2, 0.25) is 0 Å². The molecule has 0 aliphatic carbocycles. The van der Waals surface area contributed by atoms with E-state index >= 15 is 0 Å². The number of carbonyl (C=O) groups excluding carboxylic acids is 1. The van der Waals surface area contributed by atoms with E-state index in [4.69, 9.17) is 35.5 Å². The number of benzene rings is 2. The number of nitrogens with zero attached hydrogens (tertiary/aromatic N) is 4. The number of hydrogen-bond donors (Lipinski definition) is 1. The minimum Gasteiger partial charge on any atom is -0.506 e. The van der Waals surface area contributed by atoms with E-state index in [2.05, 4.69) is 20.5 Å². The number of ether oxygens (including phenoxy) is 4. The number of methoxy groups -OCH3 is 1. The maximum Gasteiger partial charge on any atom is 0.338 e. The summed E-state index contributed by atoms with van der Waals surface area (Å²) < 4.78 is 25.4. The first-order chi connectivity index (χ1) is 20.8. The van der Waals surface area contributed by atoms with E-state index in [1.807, 2.05) is 25.1 Å². The number of phenolic OH excluding ortho intramolecular Hbond substituents is 1. The smallest absolute Gasteiger partial charge is 0.338 e. The minimum atomic E-state index is -1.02.